The Hall–Kier alpha value is -3.03. The number of anilines is 1. The molecule has 1 saturated carbocycles. The number of nitrogens with one attached hydrogen (secondary N) is 1. The first kappa shape index (κ1) is 20.3. The van der Waals surface area contributed by atoms with Crippen LogP contribution in [0.5, 0.6) is 0 Å². The van der Waals surface area contributed by atoms with Crippen LogP contribution < -0.4 is 10.2 Å². The first-order chi connectivity index (χ1) is 14.4. The molecule has 0 aliphatic heterocycles. The van der Waals surface area contributed by atoms with Crippen LogP contribution in [-0.2, 0) is 0 Å². The Morgan fingerprint density at radius 3 is 2.63 bits per heavy atom. The molecule has 1 aliphatic rings. The number of pyridine rings is 2. The fourth-order valence-electron chi connectivity index (χ4n) is 4.07. The van der Waals surface area contributed by atoms with Crippen LogP contribution in [0.25, 0.3) is 5.65 Å². The molecular formula is C22H25F2N5O. The minimum atomic E-state index is -2.59. The van der Waals surface area contributed by atoms with E-state index in [0.717, 1.165) is 37.2 Å². The lowest BCUT2D eigenvalue weighted by molar-refractivity contribution is 0.0925. The standard InChI is InChI=1S/C22H25F2N5O/c1-14-6-7-15(12-25-14)22(30)26-16-8-10-17(11-9-16)28(2)20-5-3-4-19-27-18(21(23)24)13-29(19)20/h3-7,12-13,16-17,21H,8-11H2,1-2H3,(H,26,30). The van der Waals surface area contributed by atoms with Gasteiger partial charge in [0.25, 0.3) is 12.3 Å². The monoisotopic (exact) mass is 413 g/mol. The number of hydrogen-bond acceptors (Lipinski definition) is 4. The van der Waals surface area contributed by atoms with Crippen LogP contribution in [0.4, 0.5) is 14.6 Å². The lowest BCUT2D eigenvalue weighted by Crippen LogP contribution is -2.43. The van der Waals surface area contributed by atoms with Crippen LogP contribution in [0.3, 0.4) is 0 Å². The highest BCUT2D eigenvalue weighted by Gasteiger charge is 2.26. The predicted molar refractivity (Wildman–Crippen MR) is 111 cm³/mol. The summed E-state index contributed by atoms with van der Waals surface area (Å²) in [5, 5.41) is 3.10. The number of hydrogen-bond donors (Lipinski definition) is 1. The normalized spacial score (nSPS) is 19.2. The van der Waals surface area contributed by atoms with Crippen molar-refractivity contribution in [1.29, 1.82) is 0 Å². The Kier molecular flexibility index (Phi) is 5.65. The van der Waals surface area contributed by atoms with Crippen molar-refractivity contribution in [3.63, 3.8) is 0 Å². The van der Waals surface area contributed by atoms with Crippen molar-refractivity contribution in [2.45, 2.75) is 51.1 Å². The van der Waals surface area contributed by atoms with Gasteiger partial charge in [0.1, 0.15) is 17.2 Å². The summed E-state index contributed by atoms with van der Waals surface area (Å²) in [6, 6.07) is 9.50. The molecule has 0 atom stereocenters. The van der Waals surface area contributed by atoms with E-state index in [2.05, 4.69) is 20.2 Å². The molecule has 1 aliphatic carbocycles. The van der Waals surface area contributed by atoms with Crippen molar-refractivity contribution in [1.82, 2.24) is 19.7 Å². The quantitative estimate of drug-likeness (QED) is 0.683. The largest absolute Gasteiger partial charge is 0.358 e. The molecule has 1 amide bonds. The summed E-state index contributed by atoms with van der Waals surface area (Å²) < 4.78 is 27.8. The molecule has 0 bridgehead atoms. The fraction of sp³-hybridized carbons (Fsp3) is 0.409. The van der Waals surface area contributed by atoms with Gasteiger partial charge in [-0.3, -0.25) is 14.2 Å². The molecule has 1 N–H and O–H groups in total. The Labute approximate surface area is 173 Å². The second kappa shape index (κ2) is 8.38. The van der Waals surface area contributed by atoms with E-state index in [1.807, 2.05) is 32.2 Å². The van der Waals surface area contributed by atoms with Crippen LogP contribution in [0.1, 0.15) is 53.9 Å². The van der Waals surface area contributed by atoms with Gasteiger partial charge in [0.2, 0.25) is 0 Å². The number of nitrogens with zero attached hydrogens (tertiary/aromatic N) is 4. The maximum absolute atomic E-state index is 13.1. The molecule has 30 heavy (non-hydrogen) atoms. The van der Waals surface area contributed by atoms with Gasteiger partial charge in [-0.25, -0.2) is 13.8 Å². The van der Waals surface area contributed by atoms with Crippen molar-refractivity contribution in [2.24, 2.45) is 0 Å². The molecule has 0 unspecified atom stereocenters. The third kappa shape index (κ3) is 4.13. The lowest BCUT2D eigenvalue weighted by atomic mass is 9.90. The molecule has 3 aromatic heterocycles. The first-order valence-electron chi connectivity index (χ1n) is 10.1. The molecule has 0 aromatic carbocycles. The number of aryl methyl sites for hydroxylation is 1. The van der Waals surface area contributed by atoms with Gasteiger partial charge in [-0.1, -0.05) is 6.07 Å². The summed E-state index contributed by atoms with van der Waals surface area (Å²) >= 11 is 0. The maximum Gasteiger partial charge on any atom is 0.281 e. The Morgan fingerprint density at radius 2 is 1.97 bits per heavy atom. The third-order valence-electron chi connectivity index (χ3n) is 5.83. The van der Waals surface area contributed by atoms with Crippen molar-refractivity contribution in [3.8, 4) is 0 Å². The van der Waals surface area contributed by atoms with Crippen LogP contribution in [0.15, 0.2) is 42.7 Å². The molecule has 0 radical (unpaired) electrons. The molecular weight excluding hydrogens is 388 g/mol. The van der Waals surface area contributed by atoms with E-state index in [0.29, 0.717) is 11.2 Å². The van der Waals surface area contributed by atoms with Gasteiger partial charge in [-0.2, -0.15) is 0 Å². The molecule has 1 fully saturated rings. The summed E-state index contributed by atoms with van der Waals surface area (Å²) in [6.07, 6.45) is 3.95. The van der Waals surface area contributed by atoms with Crippen molar-refractivity contribution in [3.05, 3.63) is 59.7 Å². The Bertz CT molecular complexity index is 1030. The van der Waals surface area contributed by atoms with E-state index in [4.69, 9.17) is 0 Å². The minimum absolute atomic E-state index is 0.0954. The number of halogens is 2. The molecule has 6 nitrogen and oxygen atoms in total. The van der Waals surface area contributed by atoms with Crippen molar-refractivity contribution in [2.75, 3.05) is 11.9 Å². The van der Waals surface area contributed by atoms with Gasteiger partial charge >= 0.3 is 0 Å². The first-order valence-corrected chi connectivity index (χ1v) is 10.1. The minimum Gasteiger partial charge on any atom is -0.358 e. The number of alkyl halides is 2. The molecule has 0 spiro atoms. The van der Waals surface area contributed by atoms with Gasteiger partial charge in [-0.15, -0.1) is 0 Å². The highest BCUT2D eigenvalue weighted by Crippen LogP contribution is 2.28. The van der Waals surface area contributed by atoms with Gasteiger partial charge in [-0.05, 0) is 56.9 Å². The van der Waals surface area contributed by atoms with Gasteiger partial charge in [0.15, 0.2) is 0 Å². The summed E-state index contributed by atoms with van der Waals surface area (Å²) in [5.74, 6) is 0.743. The van der Waals surface area contributed by atoms with Crippen LogP contribution >= 0.6 is 0 Å². The topological polar surface area (TPSA) is 62.5 Å². The maximum atomic E-state index is 13.1. The zero-order valence-corrected chi connectivity index (χ0v) is 17.1. The third-order valence-corrected chi connectivity index (χ3v) is 5.83. The number of imidazole rings is 1. The molecule has 3 heterocycles. The summed E-state index contributed by atoms with van der Waals surface area (Å²) in [7, 11) is 1.98. The highest BCUT2D eigenvalue weighted by atomic mass is 19.3. The number of rotatable bonds is 5. The molecule has 0 saturated heterocycles. The SMILES string of the molecule is Cc1ccc(C(=O)NC2CCC(N(C)c3cccc4nc(C(F)F)cn34)CC2)cn1. The Balaban J connectivity index is 1.40. The number of carbonyl (C=O) groups is 1. The fourth-order valence-corrected chi connectivity index (χ4v) is 4.07. The van der Waals surface area contributed by atoms with Gasteiger partial charge in [0.05, 0.1) is 5.56 Å². The van der Waals surface area contributed by atoms with Gasteiger partial charge < -0.3 is 10.2 Å². The second-order valence-electron chi connectivity index (χ2n) is 7.86. The van der Waals surface area contributed by atoms with E-state index in [1.165, 1.54) is 6.20 Å². The molecule has 3 aromatic rings. The zero-order chi connectivity index (χ0) is 21.3. The second-order valence-corrected chi connectivity index (χ2v) is 7.86. The number of aromatic nitrogens is 3. The average molecular weight is 413 g/mol. The summed E-state index contributed by atoms with van der Waals surface area (Å²) in [6.45, 7) is 1.89. The number of carbonyl (C=O) groups excluding carboxylic acids is 1. The van der Waals surface area contributed by atoms with E-state index >= 15 is 0 Å². The van der Waals surface area contributed by atoms with Crippen LogP contribution in [0.2, 0.25) is 0 Å². The predicted octanol–water partition coefficient (Wildman–Crippen LogP) is 4.15. The van der Waals surface area contributed by atoms with Crippen molar-refractivity contribution < 1.29 is 13.6 Å². The smallest absolute Gasteiger partial charge is 0.281 e. The molecule has 4 rings (SSSR count). The summed E-state index contributed by atoms with van der Waals surface area (Å²) in [4.78, 5) is 22.8. The van der Waals surface area contributed by atoms with E-state index in [9.17, 15) is 13.6 Å². The van der Waals surface area contributed by atoms with Crippen LogP contribution in [-0.4, -0.2) is 39.4 Å². The van der Waals surface area contributed by atoms with Crippen LogP contribution in [0, 0.1) is 6.92 Å². The average Bonchev–Trinajstić information content (AvgIpc) is 3.19. The molecule has 8 heteroatoms. The van der Waals surface area contributed by atoms with E-state index in [1.54, 1.807) is 22.7 Å². The number of amides is 1. The highest BCUT2D eigenvalue weighted by molar-refractivity contribution is 5.94. The Morgan fingerprint density at radius 1 is 1.20 bits per heavy atom. The van der Waals surface area contributed by atoms with E-state index in [-0.39, 0.29) is 23.7 Å². The molecule has 158 valence electrons. The lowest BCUT2D eigenvalue weighted by Gasteiger charge is -2.36. The number of fused-ring (bicyclic) bond motifs is 1. The van der Waals surface area contributed by atoms with Crippen molar-refractivity contribution >= 4 is 17.4 Å². The summed E-state index contributed by atoms with van der Waals surface area (Å²) in [5.41, 5.74) is 1.75. The zero-order valence-electron chi connectivity index (χ0n) is 17.1. The van der Waals surface area contributed by atoms with Gasteiger partial charge in [0, 0.05) is 37.2 Å². The van der Waals surface area contributed by atoms with E-state index < -0.39 is 6.43 Å².